The summed E-state index contributed by atoms with van der Waals surface area (Å²) < 4.78 is 0. The second-order valence-electron chi connectivity index (χ2n) is 6.46. The quantitative estimate of drug-likeness (QED) is 0.537. The lowest BCUT2D eigenvalue weighted by atomic mass is 10.2. The average Bonchev–Trinajstić information content (AvgIpc) is 2.67. The molecular formula is C20H24N4O4. The van der Waals surface area contributed by atoms with E-state index in [1.165, 1.54) is 24.3 Å². The Hall–Kier alpha value is -3.42. The van der Waals surface area contributed by atoms with Crippen LogP contribution >= 0.6 is 0 Å². The Morgan fingerprint density at radius 2 is 1.82 bits per heavy atom. The molecule has 2 N–H and O–H groups in total. The molecule has 0 saturated heterocycles. The lowest BCUT2D eigenvalue weighted by molar-refractivity contribution is -0.384. The first-order valence-corrected chi connectivity index (χ1v) is 9.01. The van der Waals surface area contributed by atoms with Crippen molar-refractivity contribution in [2.45, 2.75) is 26.8 Å². The number of hydrogen-bond donors (Lipinski definition) is 2. The summed E-state index contributed by atoms with van der Waals surface area (Å²) in [5.41, 5.74) is 1.63. The maximum absolute atomic E-state index is 12.1. The van der Waals surface area contributed by atoms with Gasteiger partial charge in [-0.25, -0.2) is 0 Å². The largest absolute Gasteiger partial charge is 0.369 e. The van der Waals surface area contributed by atoms with Crippen molar-refractivity contribution in [2.75, 3.05) is 23.3 Å². The van der Waals surface area contributed by atoms with Crippen LogP contribution in [0.15, 0.2) is 48.5 Å². The zero-order chi connectivity index (χ0) is 20.7. The number of non-ortho nitro benzene ring substituents is 1. The number of nitro benzene ring substituents is 1. The number of amides is 2. The van der Waals surface area contributed by atoms with Crippen LogP contribution < -0.4 is 15.5 Å². The van der Waals surface area contributed by atoms with Gasteiger partial charge in [0.25, 0.3) is 11.6 Å². The first-order chi connectivity index (χ1) is 13.3. The van der Waals surface area contributed by atoms with E-state index >= 15 is 0 Å². The Labute approximate surface area is 163 Å². The molecule has 0 radical (unpaired) electrons. The molecule has 0 aliphatic rings. The van der Waals surface area contributed by atoms with Crippen LogP contribution in [0.2, 0.25) is 0 Å². The smallest absolute Gasteiger partial charge is 0.270 e. The van der Waals surface area contributed by atoms with Gasteiger partial charge < -0.3 is 15.5 Å². The fraction of sp³-hybridized carbons (Fsp3) is 0.300. The molecule has 0 aromatic heterocycles. The molecule has 0 aliphatic heterocycles. The number of hydrogen-bond acceptors (Lipinski definition) is 5. The number of benzene rings is 2. The maximum Gasteiger partial charge on any atom is 0.270 e. The van der Waals surface area contributed by atoms with Gasteiger partial charge in [-0.2, -0.15) is 0 Å². The molecule has 0 bridgehead atoms. The van der Waals surface area contributed by atoms with E-state index in [1.807, 2.05) is 12.1 Å². The van der Waals surface area contributed by atoms with Gasteiger partial charge in [-0.3, -0.25) is 19.7 Å². The SMILES string of the molecule is CCN(c1ccc(NC(=O)CNC(=O)c2cccc([N+](=O)[O-])c2)cc1)C(C)C. The van der Waals surface area contributed by atoms with Gasteiger partial charge in [-0.15, -0.1) is 0 Å². The van der Waals surface area contributed by atoms with Gasteiger partial charge in [0.05, 0.1) is 11.5 Å². The summed E-state index contributed by atoms with van der Waals surface area (Å²) in [6.07, 6.45) is 0. The van der Waals surface area contributed by atoms with Gasteiger partial charge >= 0.3 is 0 Å². The van der Waals surface area contributed by atoms with Crippen molar-refractivity contribution < 1.29 is 14.5 Å². The summed E-state index contributed by atoms with van der Waals surface area (Å²) in [6, 6.07) is 13.2. The summed E-state index contributed by atoms with van der Waals surface area (Å²) >= 11 is 0. The van der Waals surface area contributed by atoms with Gasteiger partial charge in [0.2, 0.25) is 5.91 Å². The molecule has 2 amide bonds. The molecule has 2 rings (SSSR count). The van der Waals surface area contributed by atoms with E-state index in [4.69, 9.17) is 0 Å². The minimum Gasteiger partial charge on any atom is -0.369 e. The third kappa shape index (κ3) is 5.54. The molecule has 28 heavy (non-hydrogen) atoms. The van der Waals surface area contributed by atoms with Crippen molar-refractivity contribution >= 4 is 28.9 Å². The van der Waals surface area contributed by atoms with Gasteiger partial charge in [0.1, 0.15) is 0 Å². The van der Waals surface area contributed by atoms with E-state index in [2.05, 4.69) is 36.3 Å². The van der Waals surface area contributed by atoms with Crippen molar-refractivity contribution in [3.8, 4) is 0 Å². The van der Waals surface area contributed by atoms with Crippen LogP contribution in [0.4, 0.5) is 17.1 Å². The predicted molar refractivity (Wildman–Crippen MR) is 109 cm³/mol. The van der Waals surface area contributed by atoms with E-state index in [-0.39, 0.29) is 23.7 Å². The molecule has 2 aromatic rings. The molecular weight excluding hydrogens is 360 g/mol. The number of carbonyl (C=O) groups excluding carboxylic acids is 2. The van der Waals surface area contributed by atoms with Crippen molar-refractivity contribution in [3.63, 3.8) is 0 Å². The predicted octanol–water partition coefficient (Wildman–Crippen LogP) is 3.20. The number of anilines is 2. The molecule has 2 aromatic carbocycles. The molecule has 8 heteroatoms. The summed E-state index contributed by atoms with van der Waals surface area (Å²) in [6.45, 7) is 6.95. The minimum atomic E-state index is -0.577. The first-order valence-electron chi connectivity index (χ1n) is 9.01. The number of nitrogens with one attached hydrogen (secondary N) is 2. The molecule has 0 aliphatic carbocycles. The highest BCUT2D eigenvalue weighted by atomic mass is 16.6. The molecule has 148 valence electrons. The van der Waals surface area contributed by atoms with Crippen molar-refractivity contribution in [2.24, 2.45) is 0 Å². The Bertz CT molecular complexity index is 850. The second kappa shape index (κ2) is 9.50. The van der Waals surface area contributed by atoms with Crippen LogP contribution in [-0.4, -0.2) is 35.9 Å². The lowest BCUT2D eigenvalue weighted by Gasteiger charge is -2.27. The summed E-state index contributed by atoms with van der Waals surface area (Å²) in [7, 11) is 0. The van der Waals surface area contributed by atoms with E-state index in [0.29, 0.717) is 11.7 Å². The molecule has 0 heterocycles. The summed E-state index contributed by atoms with van der Waals surface area (Å²) in [4.78, 5) is 36.6. The molecule has 0 saturated carbocycles. The van der Waals surface area contributed by atoms with Crippen LogP contribution in [0.1, 0.15) is 31.1 Å². The number of nitro groups is 1. The summed E-state index contributed by atoms with van der Waals surface area (Å²) in [5.74, 6) is -0.938. The van der Waals surface area contributed by atoms with Gasteiger partial charge in [-0.05, 0) is 51.1 Å². The Morgan fingerprint density at radius 3 is 2.39 bits per heavy atom. The number of carbonyl (C=O) groups is 2. The van der Waals surface area contributed by atoms with Gasteiger partial charge in [0.15, 0.2) is 0 Å². The minimum absolute atomic E-state index is 0.125. The Balaban J connectivity index is 1.91. The monoisotopic (exact) mass is 384 g/mol. The molecule has 0 fully saturated rings. The fourth-order valence-corrected chi connectivity index (χ4v) is 2.81. The number of rotatable bonds is 8. The third-order valence-electron chi connectivity index (χ3n) is 4.18. The molecule has 0 spiro atoms. The average molecular weight is 384 g/mol. The zero-order valence-electron chi connectivity index (χ0n) is 16.1. The topological polar surface area (TPSA) is 105 Å². The highest BCUT2D eigenvalue weighted by Crippen LogP contribution is 2.19. The Morgan fingerprint density at radius 1 is 1.14 bits per heavy atom. The summed E-state index contributed by atoms with van der Waals surface area (Å²) in [5, 5.41) is 15.9. The van der Waals surface area contributed by atoms with Crippen LogP contribution in [0.25, 0.3) is 0 Å². The highest BCUT2D eigenvalue weighted by Gasteiger charge is 2.13. The highest BCUT2D eigenvalue weighted by molar-refractivity contribution is 5.99. The second-order valence-corrected chi connectivity index (χ2v) is 6.46. The van der Waals surface area contributed by atoms with Crippen LogP contribution in [0, 0.1) is 10.1 Å². The van der Waals surface area contributed by atoms with Gasteiger partial charge in [0, 0.05) is 41.7 Å². The fourth-order valence-electron chi connectivity index (χ4n) is 2.81. The molecule has 0 atom stereocenters. The normalized spacial score (nSPS) is 10.4. The van der Waals surface area contributed by atoms with Crippen LogP contribution in [0.3, 0.4) is 0 Å². The van der Waals surface area contributed by atoms with E-state index < -0.39 is 10.8 Å². The Kier molecular flexibility index (Phi) is 7.08. The van der Waals surface area contributed by atoms with Crippen molar-refractivity contribution in [3.05, 3.63) is 64.2 Å². The molecule has 8 nitrogen and oxygen atoms in total. The van der Waals surface area contributed by atoms with Crippen molar-refractivity contribution in [1.29, 1.82) is 0 Å². The van der Waals surface area contributed by atoms with E-state index in [9.17, 15) is 19.7 Å². The van der Waals surface area contributed by atoms with E-state index in [0.717, 1.165) is 12.2 Å². The van der Waals surface area contributed by atoms with Gasteiger partial charge in [-0.1, -0.05) is 6.07 Å². The third-order valence-corrected chi connectivity index (χ3v) is 4.18. The van der Waals surface area contributed by atoms with E-state index in [1.54, 1.807) is 12.1 Å². The van der Waals surface area contributed by atoms with Crippen LogP contribution in [-0.2, 0) is 4.79 Å². The van der Waals surface area contributed by atoms with Crippen LogP contribution in [0.5, 0.6) is 0 Å². The standard InChI is InChI=1S/C20H24N4O4/c1-4-23(14(2)3)17-10-8-16(9-11-17)22-19(25)13-21-20(26)15-6-5-7-18(12-15)24(27)28/h5-12,14H,4,13H2,1-3H3,(H,21,26)(H,22,25). The lowest BCUT2D eigenvalue weighted by Crippen LogP contribution is -2.33. The molecule has 0 unspecified atom stereocenters. The number of nitrogens with zero attached hydrogens (tertiary/aromatic N) is 2. The first kappa shape index (κ1) is 20.9. The van der Waals surface area contributed by atoms with Crippen molar-refractivity contribution in [1.82, 2.24) is 5.32 Å². The maximum atomic E-state index is 12.1. The zero-order valence-corrected chi connectivity index (χ0v) is 16.1.